The summed E-state index contributed by atoms with van der Waals surface area (Å²) in [7, 11) is 0. The summed E-state index contributed by atoms with van der Waals surface area (Å²) >= 11 is 0. The first-order valence-corrected chi connectivity index (χ1v) is 6.70. The van der Waals surface area contributed by atoms with E-state index >= 15 is 0 Å². The van der Waals surface area contributed by atoms with E-state index in [4.69, 9.17) is 5.11 Å². The lowest BCUT2D eigenvalue weighted by Gasteiger charge is -2.28. The van der Waals surface area contributed by atoms with Crippen LogP contribution in [0.25, 0.3) is 0 Å². The van der Waals surface area contributed by atoms with Crippen molar-refractivity contribution in [3.63, 3.8) is 0 Å². The van der Waals surface area contributed by atoms with Gasteiger partial charge in [0.2, 0.25) is 0 Å². The molecular formula is C14H20N2O3. The van der Waals surface area contributed by atoms with Gasteiger partial charge < -0.3 is 15.5 Å². The zero-order valence-electron chi connectivity index (χ0n) is 10.9. The summed E-state index contributed by atoms with van der Waals surface area (Å²) in [6.45, 7) is 0.938. The van der Waals surface area contributed by atoms with Crippen LogP contribution in [0.5, 0.6) is 0 Å². The Bertz CT molecular complexity index is 442. The van der Waals surface area contributed by atoms with E-state index in [-0.39, 0.29) is 17.7 Å². The first kappa shape index (κ1) is 13.8. The van der Waals surface area contributed by atoms with Gasteiger partial charge in [-0.1, -0.05) is 18.9 Å². The molecule has 1 aliphatic rings. The number of aromatic nitrogens is 1. The Morgan fingerprint density at radius 2 is 2.11 bits per heavy atom. The topological polar surface area (TPSA) is 82.5 Å². The summed E-state index contributed by atoms with van der Waals surface area (Å²) < 4.78 is 0. The summed E-state index contributed by atoms with van der Waals surface area (Å²) in [5.74, 6) is -0.432. The summed E-state index contributed by atoms with van der Waals surface area (Å²) in [4.78, 5) is 14.9. The third-order valence-corrected chi connectivity index (χ3v) is 3.92. The van der Waals surface area contributed by atoms with Gasteiger partial charge in [-0.05, 0) is 36.8 Å². The molecule has 0 unspecified atom stereocenters. The molecule has 1 aliphatic carbocycles. The molecule has 3 N–H and O–H groups in total. The highest BCUT2D eigenvalue weighted by molar-refractivity contribution is 5.85. The molecule has 2 rings (SSSR count). The molecule has 104 valence electrons. The third kappa shape index (κ3) is 3.44. The van der Waals surface area contributed by atoms with Crippen molar-refractivity contribution in [1.82, 2.24) is 4.98 Å². The minimum absolute atomic E-state index is 0.0487. The van der Waals surface area contributed by atoms with Crippen LogP contribution in [0.1, 0.15) is 42.6 Å². The third-order valence-electron chi connectivity index (χ3n) is 3.92. The lowest BCUT2D eigenvalue weighted by atomic mass is 9.83. The maximum Gasteiger partial charge on any atom is 0.354 e. The van der Waals surface area contributed by atoms with Crippen LogP contribution < -0.4 is 5.32 Å². The normalized spacial score (nSPS) is 17.3. The van der Waals surface area contributed by atoms with Crippen LogP contribution >= 0.6 is 0 Å². The van der Waals surface area contributed by atoms with Crippen molar-refractivity contribution in [2.45, 2.75) is 32.1 Å². The monoisotopic (exact) mass is 264 g/mol. The van der Waals surface area contributed by atoms with Gasteiger partial charge in [0.25, 0.3) is 0 Å². The summed E-state index contributed by atoms with van der Waals surface area (Å²) in [6.07, 6.45) is 5.41. The molecule has 0 aliphatic heterocycles. The molecule has 0 atom stereocenters. The van der Waals surface area contributed by atoms with Crippen LogP contribution in [0.4, 0.5) is 5.82 Å². The van der Waals surface area contributed by atoms with Crippen LogP contribution in [-0.2, 0) is 0 Å². The second-order valence-electron chi connectivity index (χ2n) is 5.25. The van der Waals surface area contributed by atoms with E-state index in [9.17, 15) is 9.90 Å². The average molecular weight is 264 g/mol. The minimum Gasteiger partial charge on any atom is -0.477 e. The van der Waals surface area contributed by atoms with Gasteiger partial charge in [-0.2, -0.15) is 0 Å². The number of aliphatic hydroxyl groups is 1. The van der Waals surface area contributed by atoms with Gasteiger partial charge in [-0.25, -0.2) is 9.78 Å². The van der Waals surface area contributed by atoms with Crippen molar-refractivity contribution in [2.75, 3.05) is 18.5 Å². The van der Waals surface area contributed by atoms with E-state index in [0.29, 0.717) is 5.82 Å². The standard InChI is InChI=1S/C14H20N2O3/c17-9-8-14(6-1-2-7-14)10-15-12-5-3-4-11(16-12)13(18)19/h3-5,17H,1-2,6-10H2,(H,15,16)(H,18,19). The van der Waals surface area contributed by atoms with E-state index in [1.165, 1.54) is 18.9 Å². The number of nitrogens with zero attached hydrogens (tertiary/aromatic N) is 1. The van der Waals surface area contributed by atoms with Crippen molar-refractivity contribution in [2.24, 2.45) is 5.41 Å². The van der Waals surface area contributed by atoms with Gasteiger partial charge in [0, 0.05) is 13.2 Å². The number of anilines is 1. The van der Waals surface area contributed by atoms with Crippen LogP contribution in [0, 0.1) is 5.41 Å². The highest BCUT2D eigenvalue weighted by Gasteiger charge is 2.33. The number of carbonyl (C=O) groups is 1. The molecule has 1 saturated carbocycles. The molecular weight excluding hydrogens is 244 g/mol. The number of hydrogen-bond acceptors (Lipinski definition) is 4. The predicted molar refractivity (Wildman–Crippen MR) is 72.3 cm³/mol. The first-order valence-electron chi connectivity index (χ1n) is 6.70. The predicted octanol–water partition coefficient (Wildman–Crippen LogP) is 2.13. The van der Waals surface area contributed by atoms with Crippen LogP contribution in [0.2, 0.25) is 0 Å². The van der Waals surface area contributed by atoms with Crippen molar-refractivity contribution in [1.29, 1.82) is 0 Å². The SMILES string of the molecule is O=C(O)c1cccc(NCC2(CCO)CCCC2)n1. The number of carboxylic acids is 1. The first-order chi connectivity index (χ1) is 9.15. The summed E-state index contributed by atoms with van der Waals surface area (Å²) in [5.41, 5.74) is 0.183. The lowest BCUT2D eigenvalue weighted by molar-refractivity contribution is 0.0690. The molecule has 0 amide bonds. The highest BCUT2D eigenvalue weighted by Crippen LogP contribution is 2.40. The molecule has 19 heavy (non-hydrogen) atoms. The van der Waals surface area contributed by atoms with E-state index in [0.717, 1.165) is 25.8 Å². The minimum atomic E-state index is -1.02. The number of nitrogens with one attached hydrogen (secondary N) is 1. The molecule has 0 spiro atoms. The van der Waals surface area contributed by atoms with Crippen molar-refractivity contribution in [3.05, 3.63) is 23.9 Å². The Balaban J connectivity index is 2.01. The Kier molecular flexibility index (Phi) is 4.37. The molecule has 0 bridgehead atoms. The second-order valence-corrected chi connectivity index (χ2v) is 5.25. The van der Waals surface area contributed by atoms with E-state index in [2.05, 4.69) is 10.3 Å². The van der Waals surface area contributed by atoms with Crippen LogP contribution in [0.15, 0.2) is 18.2 Å². The molecule has 0 saturated heterocycles. The van der Waals surface area contributed by atoms with Crippen LogP contribution in [-0.4, -0.2) is 34.3 Å². The summed E-state index contributed by atoms with van der Waals surface area (Å²) in [5, 5.41) is 21.3. The molecule has 1 fully saturated rings. The highest BCUT2D eigenvalue weighted by atomic mass is 16.4. The number of hydrogen-bond donors (Lipinski definition) is 3. The quantitative estimate of drug-likeness (QED) is 0.733. The number of aromatic carboxylic acids is 1. The fraction of sp³-hybridized carbons (Fsp3) is 0.571. The second kappa shape index (κ2) is 6.02. The number of aliphatic hydroxyl groups excluding tert-OH is 1. The van der Waals surface area contributed by atoms with Crippen molar-refractivity contribution < 1.29 is 15.0 Å². The maximum absolute atomic E-state index is 10.9. The van der Waals surface area contributed by atoms with Gasteiger partial charge in [0.05, 0.1) is 0 Å². The summed E-state index contributed by atoms with van der Waals surface area (Å²) in [6, 6.07) is 4.94. The zero-order valence-corrected chi connectivity index (χ0v) is 10.9. The fourth-order valence-electron chi connectivity index (χ4n) is 2.81. The fourth-order valence-corrected chi connectivity index (χ4v) is 2.81. The molecule has 5 nitrogen and oxygen atoms in total. The van der Waals surface area contributed by atoms with Gasteiger partial charge in [0.1, 0.15) is 5.82 Å². The largest absolute Gasteiger partial charge is 0.477 e. The van der Waals surface area contributed by atoms with E-state index < -0.39 is 5.97 Å². The molecule has 0 radical (unpaired) electrons. The Morgan fingerprint density at radius 1 is 1.37 bits per heavy atom. The Morgan fingerprint density at radius 3 is 2.74 bits per heavy atom. The smallest absolute Gasteiger partial charge is 0.354 e. The number of carboxylic acid groups (broad SMARTS) is 1. The average Bonchev–Trinajstić information content (AvgIpc) is 2.86. The Hall–Kier alpha value is -1.62. The van der Waals surface area contributed by atoms with Crippen LogP contribution in [0.3, 0.4) is 0 Å². The van der Waals surface area contributed by atoms with E-state index in [1.54, 1.807) is 12.1 Å². The molecule has 1 aromatic rings. The molecule has 0 aromatic carbocycles. The Labute approximate surface area is 112 Å². The zero-order chi connectivity index (χ0) is 13.7. The van der Waals surface area contributed by atoms with Crippen molar-refractivity contribution in [3.8, 4) is 0 Å². The molecule has 1 heterocycles. The number of rotatable bonds is 6. The van der Waals surface area contributed by atoms with Gasteiger partial charge in [-0.15, -0.1) is 0 Å². The maximum atomic E-state index is 10.9. The van der Waals surface area contributed by atoms with Gasteiger partial charge >= 0.3 is 5.97 Å². The van der Waals surface area contributed by atoms with Crippen molar-refractivity contribution >= 4 is 11.8 Å². The molecule has 5 heteroatoms. The van der Waals surface area contributed by atoms with Gasteiger partial charge in [-0.3, -0.25) is 0 Å². The lowest BCUT2D eigenvalue weighted by Crippen LogP contribution is -2.28. The number of pyridine rings is 1. The van der Waals surface area contributed by atoms with Gasteiger partial charge in [0.15, 0.2) is 5.69 Å². The van der Waals surface area contributed by atoms with E-state index in [1.807, 2.05) is 0 Å². The molecule has 1 aromatic heterocycles.